The lowest BCUT2D eigenvalue weighted by Gasteiger charge is -2.29. The smallest absolute Gasteiger partial charge is 0.333 e. The number of likely N-dealkylation sites (N-methyl/N-ethyl adjacent to an activating group) is 2. The van der Waals surface area contributed by atoms with Gasteiger partial charge in [0.05, 0.1) is 3.57 Å². The van der Waals surface area contributed by atoms with Gasteiger partial charge in [0.25, 0.3) is 11.8 Å². The fourth-order valence-electron chi connectivity index (χ4n) is 2.11. The molecule has 0 unspecified atom stereocenters. The highest BCUT2D eigenvalue weighted by Crippen LogP contribution is 2.31. The van der Waals surface area contributed by atoms with E-state index in [0.29, 0.717) is 17.9 Å². The lowest BCUT2D eigenvalue weighted by atomic mass is 10.1. The van der Waals surface area contributed by atoms with Gasteiger partial charge in [0, 0.05) is 23.2 Å². The van der Waals surface area contributed by atoms with Crippen molar-refractivity contribution in [2.45, 2.75) is 0 Å². The molecule has 1 aromatic carbocycles. The van der Waals surface area contributed by atoms with Crippen LogP contribution in [0.4, 0.5) is 4.79 Å². The van der Waals surface area contributed by atoms with Gasteiger partial charge in [-0.05, 0) is 63.4 Å². The van der Waals surface area contributed by atoms with Crippen LogP contribution in [0.1, 0.15) is 5.56 Å². The van der Waals surface area contributed by atoms with E-state index >= 15 is 0 Å². The van der Waals surface area contributed by atoms with Gasteiger partial charge in [0.15, 0.2) is 0 Å². The molecule has 0 radical (unpaired) electrons. The Kier molecular flexibility index (Phi) is 6.01. The summed E-state index contributed by atoms with van der Waals surface area (Å²) >= 11 is 4.28. The fraction of sp³-hybridized carbons (Fsp3) is 0.188. The standard InChI is InChI=1S/C16H14I2N2O4/c1-4-5-24-13-9(6-10(17)8-12(13)18)7-11-14(21)19(2)16(23)20(3)15(11)22/h4,6-8H,1,5H2,2-3H3. The van der Waals surface area contributed by atoms with E-state index in [9.17, 15) is 14.4 Å². The van der Waals surface area contributed by atoms with Crippen molar-refractivity contribution < 1.29 is 19.1 Å². The summed E-state index contributed by atoms with van der Waals surface area (Å²) in [6.45, 7) is 3.92. The first kappa shape index (κ1) is 18.9. The second kappa shape index (κ2) is 7.64. The quantitative estimate of drug-likeness (QED) is 0.250. The van der Waals surface area contributed by atoms with E-state index in [1.54, 1.807) is 6.08 Å². The van der Waals surface area contributed by atoms with E-state index in [-0.39, 0.29) is 5.57 Å². The molecule has 6 nitrogen and oxygen atoms in total. The SMILES string of the molecule is C=CCOc1c(I)cc(I)cc1C=C1C(=O)N(C)C(=O)N(C)C1=O. The molecule has 0 saturated carbocycles. The highest BCUT2D eigenvalue weighted by molar-refractivity contribution is 14.1. The van der Waals surface area contributed by atoms with Crippen molar-refractivity contribution in [2.24, 2.45) is 0 Å². The number of halogens is 2. The number of hydrogen-bond donors (Lipinski definition) is 0. The molecule has 0 aliphatic carbocycles. The summed E-state index contributed by atoms with van der Waals surface area (Å²) in [6.07, 6.45) is 3.08. The Bertz CT molecular complexity index is 748. The van der Waals surface area contributed by atoms with Gasteiger partial charge in [-0.2, -0.15) is 0 Å². The van der Waals surface area contributed by atoms with E-state index < -0.39 is 17.8 Å². The molecule has 1 heterocycles. The summed E-state index contributed by atoms with van der Waals surface area (Å²) in [5.74, 6) is -0.704. The molecule has 8 heteroatoms. The number of barbiturate groups is 1. The molecule has 1 fully saturated rings. The highest BCUT2D eigenvalue weighted by atomic mass is 127. The normalized spacial score (nSPS) is 15.0. The predicted molar refractivity (Wildman–Crippen MR) is 106 cm³/mol. The summed E-state index contributed by atoms with van der Waals surface area (Å²) in [7, 11) is 2.68. The minimum absolute atomic E-state index is 0.0825. The van der Waals surface area contributed by atoms with Crippen molar-refractivity contribution >= 4 is 69.1 Å². The van der Waals surface area contributed by atoms with E-state index in [4.69, 9.17) is 4.74 Å². The Morgan fingerprint density at radius 2 is 1.71 bits per heavy atom. The van der Waals surface area contributed by atoms with Crippen molar-refractivity contribution in [2.75, 3.05) is 20.7 Å². The molecule has 24 heavy (non-hydrogen) atoms. The first-order valence-electron chi connectivity index (χ1n) is 6.82. The van der Waals surface area contributed by atoms with Gasteiger partial charge in [-0.25, -0.2) is 4.79 Å². The number of benzene rings is 1. The number of carbonyl (C=O) groups excluding carboxylic acids is 3. The van der Waals surface area contributed by atoms with Crippen LogP contribution in [-0.4, -0.2) is 48.3 Å². The summed E-state index contributed by atoms with van der Waals surface area (Å²) in [5.41, 5.74) is 0.516. The van der Waals surface area contributed by atoms with Crippen molar-refractivity contribution in [1.29, 1.82) is 0 Å². The molecule has 0 aromatic heterocycles. The second-order valence-electron chi connectivity index (χ2n) is 4.97. The predicted octanol–water partition coefficient (Wildman–Crippen LogP) is 2.89. The lowest BCUT2D eigenvalue weighted by molar-refractivity contribution is -0.134. The molecule has 126 valence electrons. The van der Waals surface area contributed by atoms with Crippen molar-refractivity contribution in [3.05, 3.63) is 43.1 Å². The molecule has 2 rings (SSSR count). The summed E-state index contributed by atoms with van der Waals surface area (Å²) in [5, 5.41) is 0. The highest BCUT2D eigenvalue weighted by Gasteiger charge is 2.38. The van der Waals surface area contributed by atoms with Crippen LogP contribution in [0.3, 0.4) is 0 Å². The maximum Gasteiger partial charge on any atom is 0.333 e. The number of ether oxygens (including phenoxy) is 1. The molecule has 1 aliphatic heterocycles. The van der Waals surface area contributed by atoms with Crippen LogP contribution < -0.4 is 4.74 Å². The van der Waals surface area contributed by atoms with Crippen LogP contribution in [0.15, 0.2) is 30.4 Å². The van der Waals surface area contributed by atoms with Crippen molar-refractivity contribution in [3.63, 3.8) is 0 Å². The van der Waals surface area contributed by atoms with Crippen LogP contribution in [0.25, 0.3) is 6.08 Å². The number of carbonyl (C=O) groups is 3. The average molecular weight is 552 g/mol. The minimum Gasteiger partial charge on any atom is -0.488 e. The maximum absolute atomic E-state index is 12.3. The summed E-state index contributed by atoms with van der Waals surface area (Å²) in [4.78, 5) is 38.3. The van der Waals surface area contributed by atoms with Crippen LogP contribution >= 0.6 is 45.2 Å². The van der Waals surface area contributed by atoms with Crippen molar-refractivity contribution in [1.82, 2.24) is 9.80 Å². The molecule has 1 aliphatic rings. The number of amides is 4. The van der Waals surface area contributed by atoms with E-state index in [1.807, 2.05) is 12.1 Å². The Morgan fingerprint density at radius 1 is 1.12 bits per heavy atom. The average Bonchev–Trinajstić information content (AvgIpc) is 2.54. The Morgan fingerprint density at radius 3 is 2.25 bits per heavy atom. The first-order chi connectivity index (χ1) is 11.3. The third-order valence-corrected chi connectivity index (χ3v) is 4.75. The molecule has 0 bridgehead atoms. The third kappa shape index (κ3) is 3.63. The van der Waals surface area contributed by atoms with Crippen LogP contribution in [-0.2, 0) is 9.59 Å². The van der Waals surface area contributed by atoms with Gasteiger partial charge < -0.3 is 4.74 Å². The molecule has 1 saturated heterocycles. The lowest BCUT2D eigenvalue weighted by Crippen LogP contribution is -2.52. The van der Waals surface area contributed by atoms with Gasteiger partial charge in [-0.15, -0.1) is 0 Å². The van der Waals surface area contributed by atoms with Gasteiger partial charge in [0.2, 0.25) is 0 Å². The molecule has 0 spiro atoms. The second-order valence-corrected chi connectivity index (χ2v) is 7.38. The number of nitrogens with zero attached hydrogens (tertiary/aromatic N) is 2. The van der Waals surface area contributed by atoms with Gasteiger partial charge in [-0.1, -0.05) is 12.7 Å². The fourth-order valence-corrected chi connectivity index (χ4v) is 4.16. The molecular formula is C16H14I2N2O4. The Hall–Kier alpha value is -1.43. The number of urea groups is 1. The maximum atomic E-state index is 12.3. The zero-order chi connectivity index (χ0) is 18.0. The van der Waals surface area contributed by atoms with Gasteiger partial charge in [-0.3, -0.25) is 19.4 Å². The van der Waals surface area contributed by atoms with Gasteiger partial charge in [0.1, 0.15) is 17.9 Å². The largest absolute Gasteiger partial charge is 0.488 e. The van der Waals surface area contributed by atoms with E-state index in [1.165, 1.54) is 20.2 Å². The molecule has 4 amide bonds. The topological polar surface area (TPSA) is 66.9 Å². The third-order valence-electron chi connectivity index (χ3n) is 3.33. The number of rotatable bonds is 4. The Labute approximate surface area is 166 Å². The molecule has 0 N–H and O–H groups in total. The van der Waals surface area contributed by atoms with Crippen LogP contribution in [0.2, 0.25) is 0 Å². The monoisotopic (exact) mass is 552 g/mol. The molecular weight excluding hydrogens is 538 g/mol. The zero-order valence-electron chi connectivity index (χ0n) is 13.0. The van der Waals surface area contributed by atoms with Crippen molar-refractivity contribution in [3.8, 4) is 5.75 Å². The minimum atomic E-state index is -0.650. The zero-order valence-corrected chi connectivity index (χ0v) is 17.3. The first-order valence-corrected chi connectivity index (χ1v) is 8.98. The number of hydrogen-bond acceptors (Lipinski definition) is 4. The molecule has 1 aromatic rings. The molecule has 0 atom stereocenters. The Balaban J connectivity index is 2.57. The van der Waals surface area contributed by atoms with Crippen LogP contribution in [0.5, 0.6) is 5.75 Å². The van der Waals surface area contributed by atoms with E-state index in [2.05, 4.69) is 51.8 Å². The number of imide groups is 2. The summed E-state index contributed by atoms with van der Waals surface area (Å²) < 4.78 is 7.45. The summed E-state index contributed by atoms with van der Waals surface area (Å²) in [6, 6.07) is 3.08. The van der Waals surface area contributed by atoms with E-state index in [0.717, 1.165) is 16.9 Å². The van der Waals surface area contributed by atoms with Crippen LogP contribution in [0, 0.1) is 7.14 Å². The van der Waals surface area contributed by atoms with Gasteiger partial charge >= 0.3 is 6.03 Å².